The Bertz CT molecular complexity index is 591. The van der Waals surface area contributed by atoms with Gasteiger partial charge in [-0.25, -0.2) is 0 Å². The van der Waals surface area contributed by atoms with Gasteiger partial charge >= 0.3 is 0 Å². The Morgan fingerprint density at radius 3 is 2.88 bits per heavy atom. The summed E-state index contributed by atoms with van der Waals surface area (Å²) in [5, 5.41) is 6.64. The minimum Gasteiger partial charge on any atom is -0.357 e. The molecule has 0 saturated heterocycles. The first-order valence-electron chi connectivity index (χ1n) is 9.65. The molecule has 1 aromatic carbocycles. The molecule has 1 aliphatic rings. The van der Waals surface area contributed by atoms with Crippen LogP contribution >= 0.6 is 11.8 Å². The minimum atomic E-state index is 0.208. The molecule has 1 aliphatic heterocycles. The summed E-state index contributed by atoms with van der Waals surface area (Å²) in [6.45, 7) is 5.33. The van der Waals surface area contributed by atoms with Crippen molar-refractivity contribution in [1.82, 2.24) is 10.6 Å². The maximum absolute atomic E-state index is 12.5. The Balaban J connectivity index is 1.71. The number of amides is 1. The third kappa shape index (κ3) is 6.56. The predicted molar refractivity (Wildman–Crippen MR) is 113 cm³/mol. The second-order valence-corrected chi connectivity index (χ2v) is 7.40. The summed E-state index contributed by atoms with van der Waals surface area (Å²) >= 11 is 1.89. The van der Waals surface area contributed by atoms with Crippen molar-refractivity contribution in [2.24, 2.45) is 4.99 Å². The number of rotatable bonds is 10. The molecular weight excluding hydrogens is 344 g/mol. The zero-order valence-corrected chi connectivity index (χ0v) is 16.9. The van der Waals surface area contributed by atoms with Gasteiger partial charge in [-0.3, -0.25) is 9.79 Å². The van der Waals surface area contributed by atoms with Gasteiger partial charge in [-0.15, -0.1) is 0 Å². The molecule has 0 radical (unpaired) electrons. The third-order valence-corrected chi connectivity index (χ3v) is 5.12. The summed E-state index contributed by atoms with van der Waals surface area (Å²) in [5.41, 5.74) is 2.36. The molecule has 144 valence electrons. The van der Waals surface area contributed by atoms with Crippen LogP contribution in [0.2, 0.25) is 0 Å². The average Bonchev–Trinajstić information content (AvgIpc) is 3.09. The molecule has 0 aliphatic carbocycles. The molecule has 1 heterocycles. The van der Waals surface area contributed by atoms with Crippen LogP contribution in [-0.4, -0.2) is 50.1 Å². The highest BCUT2D eigenvalue weighted by Crippen LogP contribution is 2.27. The van der Waals surface area contributed by atoms with Crippen molar-refractivity contribution >= 4 is 29.3 Å². The van der Waals surface area contributed by atoms with E-state index in [0.29, 0.717) is 13.0 Å². The highest BCUT2D eigenvalue weighted by molar-refractivity contribution is 7.98. The quantitative estimate of drug-likeness (QED) is 0.374. The summed E-state index contributed by atoms with van der Waals surface area (Å²) < 4.78 is 0. The van der Waals surface area contributed by atoms with E-state index >= 15 is 0 Å². The van der Waals surface area contributed by atoms with Crippen molar-refractivity contribution in [2.75, 3.05) is 43.1 Å². The summed E-state index contributed by atoms with van der Waals surface area (Å²) in [6, 6.07) is 8.20. The molecule has 26 heavy (non-hydrogen) atoms. The first-order chi connectivity index (χ1) is 12.8. The lowest BCUT2D eigenvalue weighted by atomic mass is 10.2. The highest BCUT2D eigenvalue weighted by Gasteiger charge is 2.23. The summed E-state index contributed by atoms with van der Waals surface area (Å²) in [6.07, 6.45) is 6.80. The van der Waals surface area contributed by atoms with Crippen molar-refractivity contribution < 1.29 is 4.79 Å². The van der Waals surface area contributed by atoms with Crippen LogP contribution in [0.25, 0.3) is 0 Å². The van der Waals surface area contributed by atoms with E-state index in [1.165, 1.54) is 17.7 Å². The molecule has 0 atom stereocenters. The van der Waals surface area contributed by atoms with E-state index in [0.717, 1.165) is 50.5 Å². The Hall–Kier alpha value is -1.69. The number of nitrogens with zero attached hydrogens (tertiary/aromatic N) is 2. The predicted octanol–water partition coefficient (Wildman–Crippen LogP) is 3.05. The summed E-state index contributed by atoms with van der Waals surface area (Å²) in [7, 11) is 0. The lowest BCUT2D eigenvalue weighted by Crippen LogP contribution is -2.38. The number of aliphatic imine (C=N–C) groups is 1. The zero-order chi connectivity index (χ0) is 18.6. The maximum Gasteiger partial charge on any atom is 0.227 e. The van der Waals surface area contributed by atoms with Crippen LogP contribution in [0.15, 0.2) is 29.3 Å². The second kappa shape index (κ2) is 11.8. The Kier molecular flexibility index (Phi) is 9.39. The van der Waals surface area contributed by atoms with Gasteiger partial charge in [-0.2, -0.15) is 11.8 Å². The van der Waals surface area contributed by atoms with Gasteiger partial charge in [0.2, 0.25) is 5.91 Å². The molecule has 0 spiro atoms. The number of carbonyl (C=O) groups is 1. The number of unbranched alkanes of at least 4 members (excludes halogenated alkanes) is 1. The van der Waals surface area contributed by atoms with Gasteiger partial charge in [0.25, 0.3) is 0 Å². The Morgan fingerprint density at radius 2 is 2.08 bits per heavy atom. The number of carbonyl (C=O) groups excluding carboxylic acids is 1. The van der Waals surface area contributed by atoms with Gasteiger partial charge in [0.05, 0.1) is 0 Å². The molecule has 0 aromatic heterocycles. The maximum atomic E-state index is 12.5. The molecule has 0 bridgehead atoms. The Labute approximate surface area is 162 Å². The van der Waals surface area contributed by atoms with E-state index in [1.54, 1.807) is 0 Å². The highest BCUT2D eigenvalue weighted by atomic mass is 32.2. The second-order valence-electron chi connectivity index (χ2n) is 6.41. The fourth-order valence-corrected chi connectivity index (χ4v) is 3.57. The zero-order valence-electron chi connectivity index (χ0n) is 16.1. The standard InChI is InChI=1S/C20H32N4OS/c1-3-21-20(22-13-6-7-16-26-2)23-14-8-11-19(25)24-15-12-17-9-4-5-10-18(17)24/h4-5,9-10H,3,6-8,11-16H2,1-2H3,(H2,21,22,23). The molecule has 6 heteroatoms. The number of para-hydroxylation sites is 1. The van der Waals surface area contributed by atoms with Gasteiger partial charge in [-0.05, 0) is 56.2 Å². The number of hydrogen-bond acceptors (Lipinski definition) is 3. The lowest BCUT2D eigenvalue weighted by Gasteiger charge is -2.17. The van der Waals surface area contributed by atoms with Crippen molar-refractivity contribution in [2.45, 2.75) is 39.0 Å². The van der Waals surface area contributed by atoms with Crippen LogP contribution < -0.4 is 15.5 Å². The van der Waals surface area contributed by atoms with Crippen LogP contribution in [0.1, 0.15) is 38.2 Å². The van der Waals surface area contributed by atoms with Crippen LogP contribution in [0.4, 0.5) is 5.69 Å². The largest absolute Gasteiger partial charge is 0.357 e. The Morgan fingerprint density at radius 1 is 1.23 bits per heavy atom. The van der Waals surface area contributed by atoms with E-state index in [-0.39, 0.29) is 5.91 Å². The molecule has 1 amide bonds. The van der Waals surface area contributed by atoms with E-state index < -0.39 is 0 Å². The van der Waals surface area contributed by atoms with Gasteiger partial charge in [0.1, 0.15) is 0 Å². The van der Waals surface area contributed by atoms with Gasteiger partial charge < -0.3 is 15.5 Å². The SMILES string of the molecule is CCNC(=NCCCC(=O)N1CCc2ccccc21)NCCCCSC. The number of thioether (sulfide) groups is 1. The third-order valence-electron chi connectivity index (χ3n) is 4.42. The van der Waals surface area contributed by atoms with Crippen molar-refractivity contribution in [3.63, 3.8) is 0 Å². The van der Waals surface area contributed by atoms with E-state index in [1.807, 2.05) is 34.9 Å². The van der Waals surface area contributed by atoms with Crippen molar-refractivity contribution in [3.8, 4) is 0 Å². The number of guanidine groups is 1. The van der Waals surface area contributed by atoms with Gasteiger partial charge in [0, 0.05) is 38.3 Å². The molecular formula is C20H32N4OS. The normalized spacial score (nSPS) is 13.6. The van der Waals surface area contributed by atoms with E-state index in [4.69, 9.17) is 0 Å². The summed E-state index contributed by atoms with van der Waals surface area (Å²) in [5.74, 6) is 2.27. The van der Waals surface area contributed by atoms with Crippen molar-refractivity contribution in [3.05, 3.63) is 29.8 Å². The smallest absolute Gasteiger partial charge is 0.227 e. The fraction of sp³-hybridized carbons (Fsp3) is 0.600. The number of nitrogens with one attached hydrogen (secondary N) is 2. The molecule has 5 nitrogen and oxygen atoms in total. The first kappa shape index (κ1) is 20.6. The van der Waals surface area contributed by atoms with E-state index in [2.05, 4.69) is 34.9 Å². The van der Waals surface area contributed by atoms with Crippen LogP contribution in [0.3, 0.4) is 0 Å². The number of fused-ring (bicyclic) bond motifs is 1. The van der Waals surface area contributed by atoms with Crippen LogP contribution in [0, 0.1) is 0 Å². The number of anilines is 1. The minimum absolute atomic E-state index is 0.208. The van der Waals surface area contributed by atoms with Gasteiger partial charge in [0.15, 0.2) is 5.96 Å². The summed E-state index contributed by atoms with van der Waals surface area (Å²) in [4.78, 5) is 19.0. The fourth-order valence-electron chi connectivity index (χ4n) is 3.07. The average molecular weight is 377 g/mol. The lowest BCUT2D eigenvalue weighted by molar-refractivity contribution is -0.118. The number of hydrogen-bond donors (Lipinski definition) is 2. The monoisotopic (exact) mass is 376 g/mol. The molecule has 0 unspecified atom stereocenters. The number of benzene rings is 1. The van der Waals surface area contributed by atoms with Gasteiger partial charge in [-0.1, -0.05) is 18.2 Å². The molecule has 2 N–H and O–H groups in total. The molecule has 0 fully saturated rings. The first-order valence-corrected chi connectivity index (χ1v) is 11.0. The van der Waals surface area contributed by atoms with Crippen LogP contribution in [-0.2, 0) is 11.2 Å². The van der Waals surface area contributed by atoms with Crippen LogP contribution in [0.5, 0.6) is 0 Å². The molecule has 0 saturated carbocycles. The molecule has 1 aromatic rings. The topological polar surface area (TPSA) is 56.7 Å². The van der Waals surface area contributed by atoms with Crippen molar-refractivity contribution in [1.29, 1.82) is 0 Å². The molecule has 2 rings (SSSR count). The van der Waals surface area contributed by atoms with E-state index in [9.17, 15) is 4.79 Å².